The molecular weight excluding hydrogens is 232 g/mol. The molecule has 0 spiro atoms. The molecule has 1 saturated heterocycles. The lowest BCUT2D eigenvalue weighted by atomic mass is 10.2. The van der Waals surface area contributed by atoms with Gasteiger partial charge < -0.3 is 15.2 Å². The Morgan fingerprint density at radius 1 is 1.39 bits per heavy atom. The second-order valence-corrected chi connectivity index (χ2v) is 4.27. The standard InChI is InChI=1S/C13H18N2O3/c16-13(17)11-2-1-3-12(10-11)18-9-8-15-6-4-14-5-7-15/h1-3,10,14H,4-9H2,(H,16,17). The van der Waals surface area contributed by atoms with Crippen LogP contribution >= 0.6 is 0 Å². The van der Waals surface area contributed by atoms with Crippen LogP contribution in [0.3, 0.4) is 0 Å². The van der Waals surface area contributed by atoms with Gasteiger partial charge in [-0.25, -0.2) is 4.79 Å². The normalized spacial score (nSPS) is 16.4. The molecule has 0 atom stereocenters. The van der Waals surface area contributed by atoms with E-state index in [-0.39, 0.29) is 5.56 Å². The van der Waals surface area contributed by atoms with Crippen LogP contribution in [0.2, 0.25) is 0 Å². The average molecular weight is 250 g/mol. The van der Waals surface area contributed by atoms with E-state index in [1.54, 1.807) is 24.3 Å². The van der Waals surface area contributed by atoms with Gasteiger partial charge >= 0.3 is 5.97 Å². The van der Waals surface area contributed by atoms with Crippen molar-refractivity contribution in [2.75, 3.05) is 39.3 Å². The van der Waals surface area contributed by atoms with Crippen molar-refractivity contribution >= 4 is 5.97 Å². The highest BCUT2D eigenvalue weighted by Gasteiger charge is 2.09. The van der Waals surface area contributed by atoms with Gasteiger partial charge in [0, 0.05) is 32.7 Å². The maximum absolute atomic E-state index is 10.8. The number of nitrogens with one attached hydrogen (secondary N) is 1. The van der Waals surface area contributed by atoms with Gasteiger partial charge in [-0.2, -0.15) is 0 Å². The highest BCUT2D eigenvalue weighted by Crippen LogP contribution is 2.13. The summed E-state index contributed by atoms with van der Waals surface area (Å²) in [7, 11) is 0. The molecule has 0 aliphatic carbocycles. The van der Waals surface area contributed by atoms with Gasteiger partial charge in [-0.3, -0.25) is 4.90 Å². The Morgan fingerprint density at radius 2 is 2.17 bits per heavy atom. The fourth-order valence-electron chi connectivity index (χ4n) is 1.95. The van der Waals surface area contributed by atoms with E-state index in [1.807, 2.05) is 0 Å². The van der Waals surface area contributed by atoms with Gasteiger partial charge in [-0.1, -0.05) is 6.07 Å². The van der Waals surface area contributed by atoms with Gasteiger partial charge in [0.05, 0.1) is 5.56 Å². The zero-order valence-electron chi connectivity index (χ0n) is 10.3. The highest BCUT2D eigenvalue weighted by atomic mass is 16.5. The van der Waals surface area contributed by atoms with Crippen LogP contribution in [-0.2, 0) is 0 Å². The SMILES string of the molecule is O=C(O)c1cccc(OCCN2CCNCC2)c1. The van der Waals surface area contributed by atoms with Crippen molar-refractivity contribution < 1.29 is 14.6 Å². The summed E-state index contributed by atoms with van der Waals surface area (Å²) >= 11 is 0. The van der Waals surface area contributed by atoms with Crippen molar-refractivity contribution in [1.29, 1.82) is 0 Å². The molecule has 1 heterocycles. The summed E-state index contributed by atoms with van der Waals surface area (Å²) in [6.07, 6.45) is 0. The van der Waals surface area contributed by atoms with Gasteiger partial charge in [0.1, 0.15) is 12.4 Å². The lowest BCUT2D eigenvalue weighted by molar-refractivity contribution is 0.0696. The monoisotopic (exact) mass is 250 g/mol. The molecule has 1 aromatic carbocycles. The Labute approximate surface area is 106 Å². The molecule has 1 aliphatic heterocycles. The van der Waals surface area contributed by atoms with Gasteiger partial charge in [0.25, 0.3) is 0 Å². The summed E-state index contributed by atoms with van der Waals surface area (Å²) in [5.74, 6) is -0.312. The van der Waals surface area contributed by atoms with E-state index in [0.29, 0.717) is 12.4 Å². The topological polar surface area (TPSA) is 61.8 Å². The quantitative estimate of drug-likeness (QED) is 0.804. The Balaban J connectivity index is 1.78. The van der Waals surface area contributed by atoms with Crippen molar-refractivity contribution in [2.45, 2.75) is 0 Å². The number of carboxylic acids is 1. The fraction of sp³-hybridized carbons (Fsp3) is 0.462. The number of hydrogen-bond donors (Lipinski definition) is 2. The summed E-state index contributed by atoms with van der Waals surface area (Å²) in [6.45, 7) is 5.59. The Morgan fingerprint density at radius 3 is 2.89 bits per heavy atom. The predicted octanol–water partition coefficient (Wildman–Crippen LogP) is 0.669. The second-order valence-electron chi connectivity index (χ2n) is 4.27. The number of aromatic carboxylic acids is 1. The van der Waals surface area contributed by atoms with Gasteiger partial charge in [0.2, 0.25) is 0 Å². The van der Waals surface area contributed by atoms with E-state index in [9.17, 15) is 4.79 Å². The number of hydrogen-bond acceptors (Lipinski definition) is 4. The first-order chi connectivity index (χ1) is 8.75. The molecule has 0 amide bonds. The van der Waals surface area contributed by atoms with Crippen molar-refractivity contribution in [1.82, 2.24) is 10.2 Å². The minimum absolute atomic E-state index is 0.259. The Bertz CT molecular complexity index is 403. The van der Waals surface area contributed by atoms with Crippen LogP contribution < -0.4 is 10.1 Å². The number of benzene rings is 1. The number of carboxylic acid groups (broad SMARTS) is 1. The summed E-state index contributed by atoms with van der Waals surface area (Å²) in [4.78, 5) is 13.1. The molecule has 0 bridgehead atoms. The van der Waals surface area contributed by atoms with Crippen molar-refractivity contribution in [2.24, 2.45) is 0 Å². The maximum Gasteiger partial charge on any atom is 0.335 e. The Kier molecular flexibility index (Phi) is 4.55. The van der Waals surface area contributed by atoms with Crippen LogP contribution in [0.15, 0.2) is 24.3 Å². The molecule has 0 unspecified atom stereocenters. The van der Waals surface area contributed by atoms with Crippen LogP contribution in [0.1, 0.15) is 10.4 Å². The predicted molar refractivity (Wildman–Crippen MR) is 68.2 cm³/mol. The van der Waals surface area contributed by atoms with Crippen LogP contribution in [0.25, 0.3) is 0 Å². The number of carbonyl (C=O) groups is 1. The van der Waals surface area contributed by atoms with Crippen LogP contribution in [0.5, 0.6) is 5.75 Å². The molecule has 18 heavy (non-hydrogen) atoms. The molecule has 0 aromatic heterocycles. The second kappa shape index (κ2) is 6.37. The van der Waals surface area contributed by atoms with E-state index in [0.717, 1.165) is 32.7 Å². The molecule has 5 nitrogen and oxygen atoms in total. The zero-order chi connectivity index (χ0) is 12.8. The summed E-state index contributed by atoms with van der Waals surface area (Å²) in [5.41, 5.74) is 0.259. The third-order valence-electron chi connectivity index (χ3n) is 2.97. The smallest absolute Gasteiger partial charge is 0.335 e. The largest absolute Gasteiger partial charge is 0.492 e. The van der Waals surface area contributed by atoms with E-state index in [4.69, 9.17) is 9.84 Å². The Hall–Kier alpha value is -1.59. The molecule has 98 valence electrons. The lowest BCUT2D eigenvalue weighted by Crippen LogP contribution is -2.44. The molecule has 1 fully saturated rings. The third-order valence-corrected chi connectivity index (χ3v) is 2.97. The molecule has 1 aliphatic rings. The summed E-state index contributed by atoms with van der Waals surface area (Å²) < 4.78 is 5.57. The molecule has 1 aromatic rings. The third kappa shape index (κ3) is 3.72. The minimum atomic E-state index is -0.928. The summed E-state index contributed by atoms with van der Waals surface area (Å²) in [5, 5.41) is 12.2. The average Bonchev–Trinajstić information content (AvgIpc) is 2.40. The highest BCUT2D eigenvalue weighted by molar-refractivity contribution is 5.87. The molecule has 2 rings (SSSR count). The van der Waals surface area contributed by atoms with Crippen molar-refractivity contribution in [3.05, 3.63) is 29.8 Å². The van der Waals surface area contributed by atoms with E-state index in [1.165, 1.54) is 0 Å². The first-order valence-electron chi connectivity index (χ1n) is 6.15. The van der Waals surface area contributed by atoms with E-state index >= 15 is 0 Å². The number of piperazine rings is 1. The van der Waals surface area contributed by atoms with Crippen LogP contribution in [-0.4, -0.2) is 55.3 Å². The number of nitrogens with zero attached hydrogens (tertiary/aromatic N) is 1. The first kappa shape index (κ1) is 12.9. The molecule has 5 heteroatoms. The molecular formula is C13H18N2O3. The first-order valence-corrected chi connectivity index (χ1v) is 6.15. The van der Waals surface area contributed by atoms with Gasteiger partial charge in [-0.15, -0.1) is 0 Å². The number of ether oxygens (including phenoxy) is 1. The minimum Gasteiger partial charge on any atom is -0.492 e. The lowest BCUT2D eigenvalue weighted by Gasteiger charge is -2.26. The molecule has 0 radical (unpaired) electrons. The molecule has 0 saturated carbocycles. The van der Waals surface area contributed by atoms with Crippen molar-refractivity contribution in [3.63, 3.8) is 0 Å². The molecule has 2 N–H and O–H groups in total. The maximum atomic E-state index is 10.8. The van der Waals surface area contributed by atoms with E-state index in [2.05, 4.69) is 10.2 Å². The van der Waals surface area contributed by atoms with E-state index < -0.39 is 5.97 Å². The zero-order valence-corrected chi connectivity index (χ0v) is 10.3. The van der Waals surface area contributed by atoms with Crippen LogP contribution in [0.4, 0.5) is 0 Å². The summed E-state index contributed by atoms with van der Waals surface area (Å²) in [6, 6.07) is 6.60. The fourth-order valence-corrected chi connectivity index (χ4v) is 1.95. The number of rotatable bonds is 5. The van der Waals surface area contributed by atoms with Gasteiger partial charge in [0.15, 0.2) is 0 Å². The van der Waals surface area contributed by atoms with Gasteiger partial charge in [-0.05, 0) is 18.2 Å². The van der Waals surface area contributed by atoms with Crippen LogP contribution in [0, 0.1) is 0 Å². The van der Waals surface area contributed by atoms with Crippen molar-refractivity contribution in [3.8, 4) is 5.75 Å².